The molecule has 0 heterocycles. The topological polar surface area (TPSA) is 76.7 Å². The van der Waals surface area contributed by atoms with Crippen LogP contribution < -0.4 is 20.3 Å². The lowest BCUT2D eigenvalue weighted by molar-refractivity contribution is -0.119. The monoisotopic (exact) mass is 374 g/mol. The van der Waals surface area contributed by atoms with Crippen molar-refractivity contribution in [2.75, 3.05) is 20.0 Å². The summed E-state index contributed by atoms with van der Waals surface area (Å²) in [7, 11) is 3.00. The molecule has 0 aliphatic carbocycles. The molecule has 0 spiro atoms. The van der Waals surface area contributed by atoms with Crippen LogP contribution >= 0.6 is 11.8 Å². The Kier molecular flexibility index (Phi) is 6.91. The van der Waals surface area contributed by atoms with Crippen molar-refractivity contribution in [3.8, 4) is 11.5 Å². The lowest BCUT2D eigenvalue weighted by Crippen LogP contribution is -2.42. The summed E-state index contributed by atoms with van der Waals surface area (Å²) in [5, 5.41) is 0. The number of ether oxygens (including phenoxy) is 2. The number of nitrogens with one attached hydrogen (secondary N) is 2. The van der Waals surface area contributed by atoms with Gasteiger partial charge in [0.1, 0.15) is 11.5 Å². The van der Waals surface area contributed by atoms with E-state index in [4.69, 9.17) is 9.47 Å². The fourth-order valence-corrected chi connectivity index (χ4v) is 2.92. The summed E-state index contributed by atoms with van der Waals surface area (Å²) in [5.41, 5.74) is 7.51. The van der Waals surface area contributed by atoms with Gasteiger partial charge in [0.05, 0.1) is 20.0 Å². The second-order valence-electron chi connectivity index (χ2n) is 5.64. The number of aryl methyl sites for hydroxylation is 2. The first-order chi connectivity index (χ1) is 12.4. The van der Waals surface area contributed by atoms with Gasteiger partial charge in [0.2, 0.25) is 5.91 Å². The molecule has 0 saturated carbocycles. The lowest BCUT2D eigenvalue weighted by Gasteiger charge is -2.10. The maximum absolute atomic E-state index is 12.2. The van der Waals surface area contributed by atoms with E-state index in [2.05, 4.69) is 10.9 Å². The molecule has 0 atom stereocenters. The van der Waals surface area contributed by atoms with E-state index in [1.807, 2.05) is 32.0 Å². The molecule has 2 aromatic rings. The number of thioether (sulfide) groups is 1. The molecule has 0 aromatic heterocycles. The van der Waals surface area contributed by atoms with Crippen molar-refractivity contribution >= 4 is 23.6 Å². The summed E-state index contributed by atoms with van der Waals surface area (Å²) >= 11 is 1.41. The van der Waals surface area contributed by atoms with Gasteiger partial charge in [-0.1, -0.05) is 6.07 Å². The van der Waals surface area contributed by atoms with Gasteiger partial charge < -0.3 is 9.47 Å². The zero-order valence-corrected chi connectivity index (χ0v) is 16.0. The Bertz CT molecular complexity index is 786. The fourth-order valence-electron chi connectivity index (χ4n) is 2.13. The maximum Gasteiger partial charge on any atom is 0.269 e. The largest absolute Gasteiger partial charge is 0.497 e. The van der Waals surface area contributed by atoms with Gasteiger partial charge >= 0.3 is 0 Å². The highest BCUT2D eigenvalue weighted by molar-refractivity contribution is 8.00. The van der Waals surface area contributed by atoms with Crippen LogP contribution in [0.3, 0.4) is 0 Å². The molecule has 0 aliphatic heterocycles. The Labute approximate surface area is 157 Å². The molecule has 26 heavy (non-hydrogen) atoms. The van der Waals surface area contributed by atoms with Crippen LogP contribution in [0.4, 0.5) is 0 Å². The summed E-state index contributed by atoms with van der Waals surface area (Å²) in [6.45, 7) is 4.07. The molecular formula is C19H22N2O4S. The Hall–Kier alpha value is -2.67. The Morgan fingerprint density at radius 3 is 2.15 bits per heavy atom. The Morgan fingerprint density at radius 2 is 1.58 bits per heavy atom. The highest BCUT2D eigenvalue weighted by atomic mass is 32.2. The predicted octanol–water partition coefficient (Wildman–Crippen LogP) is 2.87. The van der Waals surface area contributed by atoms with E-state index in [9.17, 15) is 9.59 Å². The third-order valence-corrected chi connectivity index (χ3v) is 4.77. The van der Waals surface area contributed by atoms with E-state index < -0.39 is 5.91 Å². The van der Waals surface area contributed by atoms with E-state index in [0.29, 0.717) is 17.1 Å². The van der Waals surface area contributed by atoms with E-state index >= 15 is 0 Å². The van der Waals surface area contributed by atoms with Crippen LogP contribution in [0.2, 0.25) is 0 Å². The number of hydrogen-bond donors (Lipinski definition) is 2. The van der Waals surface area contributed by atoms with Gasteiger partial charge in [-0.15, -0.1) is 11.8 Å². The van der Waals surface area contributed by atoms with Crippen LogP contribution in [0.5, 0.6) is 11.5 Å². The second-order valence-corrected chi connectivity index (χ2v) is 6.69. The van der Waals surface area contributed by atoms with Crippen molar-refractivity contribution in [1.29, 1.82) is 0 Å². The normalized spacial score (nSPS) is 10.2. The second kappa shape index (κ2) is 9.15. The number of rotatable bonds is 6. The van der Waals surface area contributed by atoms with Crippen LogP contribution in [0.15, 0.2) is 41.3 Å². The Morgan fingerprint density at radius 1 is 0.923 bits per heavy atom. The molecule has 0 radical (unpaired) electrons. The van der Waals surface area contributed by atoms with Gasteiger partial charge in [-0.3, -0.25) is 20.4 Å². The molecule has 2 amide bonds. The predicted molar refractivity (Wildman–Crippen MR) is 102 cm³/mol. The van der Waals surface area contributed by atoms with Crippen LogP contribution in [0.25, 0.3) is 0 Å². The standard InChI is InChI=1S/C19H22N2O4S/c1-12-5-6-17(7-13(12)2)26-11-18(22)20-21-19(23)14-8-15(24-3)10-16(9-14)25-4/h5-10H,11H2,1-4H3,(H,20,22)(H,21,23). The Balaban J connectivity index is 1.88. The van der Waals surface area contributed by atoms with Gasteiger partial charge in [0.25, 0.3) is 5.91 Å². The number of methoxy groups -OCH3 is 2. The van der Waals surface area contributed by atoms with E-state index in [1.165, 1.54) is 37.1 Å². The van der Waals surface area contributed by atoms with Crippen LogP contribution in [0, 0.1) is 13.8 Å². The molecule has 7 heteroatoms. The molecular weight excluding hydrogens is 352 g/mol. The van der Waals surface area contributed by atoms with E-state index in [1.54, 1.807) is 18.2 Å². The zero-order chi connectivity index (χ0) is 19.1. The van der Waals surface area contributed by atoms with Crippen molar-refractivity contribution in [3.05, 3.63) is 53.1 Å². The summed E-state index contributed by atoms with van der Waals surface area (Å²) in [6.07, 6.45) is 0. The average molecular weight is 374 g/mol. The number of carbonyl (C=O) groups is 2. The van der Waals surface area contributed by atoms with E-state index in [-0.39, 0.29) is 11.7 Å². The number of carbonyl (C=O) groups excluding carboxylic acids is 2. The van der Waals surface area contributed by atoms with Gasteiger partial charge in [-0.2, -0.15) is 0 Å². The van der Waals surface area contributed by atoms with Crippen molar-refractivity contribution in [2.24, 2.45) is 0 Å². The average Bonchev–Trinajstić information content (AvgIpc) is 2.66. The summed E-state index contributed by atoms with van der Waals surface area (Å²) < 4.78 is 10.3. The summed E-state index contributed by atoms with van der Waals surface area (Å²) in [4.78, 5) is 25.2. The molecule has 0 bridgehead atoms. The quantitative estimate of drug-likeness (QED) is 0.601. The molecule has 2 aromatic carbocycles. The third-order valence-electron chi connectivity index (χ3n) is 3.78. The van der Waals surface area contributed by atoms with Crippen molar-refractivity contribution in [1.82, 2.24) is 10.9 Å². The first-order valence-electron chi connectivity index (χ1n) is 7.95. The fraction of sp³-hybridized carbons (Fsp3) is 0.263. The SMILES string of the molecule is COc1cc(OC)cc(C(=O)NNC(=O)CSc2ccc(C)c(C)c2)c1. The van der Waals surface area contributed by atoms with Gasteiger partial charge in [0, 0.05) is 16.5 Å². The summed E-state index contributed by atoms with van der Waals surface area (Å²) in [5.74, 6) is 0.435. The van der Waals surface area contributed by atoms with Crippen molar-refractivity contribution < 1.29 is 19.1 Å². The molecule has 0 unspecified atom stereocenters. The zero-order valence-electron chi connectivity index (χ0n) is 15.2. The smallest absolute Gasteiger partial charge is 0.269 e. The molecule has 138 valence electrons. The minimum absolute atomic E-state index is 0.199. The number of amides is 2. The van der Waals surface area contributed by atoms with Crippen LogP contribution in [-0.4, -0.2) is 31.8 Å². The van der Waals surface area contributed by atoms with Gasteiger partial charge in [0.15, 0.2) is 0 Å². The third kappa shape index (κ3) is 5.42. The molecule has 0 saturated heterocycles. The number of hydrazine groups is 1. The molecule has 2 N–H and O–H groups in total. The van der Waals surface area contributed by atoms with Crippen LogP contribution in [0.1, 0.15) is 21.5 Å². The molecule has 2 rings (SSSR count). The first kappa shape index (κ1) is 19.7. The highest BCUT2D eigenvalue weighted by Gasteiger charge is 2.11. The molecule has 6 nitrogen and oxygen atoms in total. The minimum Gasteiger partial charge on any atom is -0.497 e. The van der Waals surface area contributed by atoms with Crippen LogP contribution in [-0.2, 0) is 4.79 Å². The number of benzene rings is 2. The highest BCUT2D eigenvalue weighted by Crippen LogP contribution is 2.22. The van der Waals surface area contributed by atoms with Gasteiger partial charge in [-0.05, 0) is 49.2 Å². The van der Waals surface area contributed by atoms with Crippen molar-refractivity contribution in [3.63, 3.8) is 0 Å². The minimum atomic E-state index is -0.452. The van der Waals surface area contributed by atoms with Crippen molar-refractivity contribution in [2.45, 2.75) is 18.7 Å². The lowest BCUT2D eigenvalue weighted by atomic mass is 10.1. The summed E-state index contributed by atoms with van der Waals surface area (Å²) in [6, 6.07) is 10.8. The number of hydrogen-bond acceptors (Lipinski definition) is 5. The van der Waals surface area contributed by atoms with Gasteiger partial charge in [-0.25, -0.2) is 0 Å². The van der Waals surface area contributed by atoms with E-state index in [0.717, 1.165) is 4.90 Å². The first-order valence-corrected chi connectivity index (χ1v) is 8.94. The maximum atomic E-state index is 12.2. The molecule has 0 fully saturated rings. The molecule has 0 aliphatic rings.